The van der Waals surface area contributed by atoms with Gasteiger partial charge in [0.15, 0.2) is 0 Å². The summed E-state index contributed by atoms with van der Waals surface area (Å²) < 4.78 is 5.03. The lowest BCUT2D eigenvalue weighted by molar-refractivity contribution is -0.150. The summed E-state index contributed by atoms with van der Waals surface area (Å²) in [7, 11) is 1.42. The Morgan fingerprint density at radius 2 is 1.90 bits per heavy atom. The number of nitrogens with one attached hydrogen (secondary N) is 1. The summed E-state index contributed by atoms with van der Waals surface area (Å²) in [4.78, 5) is 27.6. The van der Waals surface area contributed by atoms with Crippen LogP contribution in [0, 0.1) is 5.41 Å². The summed E-state index contributed by atoms with van der Waals surface area (Å²) in [6.45, 7) is 6.47. The van der Waals surface area contributed by atoms with Gasteiger partial charge in [-0.2, -0.15) is 0 Å². The molecule has 0 spiro atoms. The second-order valence-corrected chi connectivity index (χ2v) is 5.57. The molecular formula is C14H20N2O4. The van der Waals surface area contributed by atoms with Gasteiger partial charge in [0, 0.05) is 6.20 Å². The maximum absolute atomic E-state index is 12.3. The van der Waals surface area contributed by atoms with Crippen molar-refractivity contribution in [3.8, 4) is 5.88 Å². The van der Waals surface area contributed by atoms with Crippen LogP contribution in [0.1, 0.15) is 38.1 Å². The number of pyridine rings is 1. The monoisotopic (exact) mass is 280 g/mol. The van der Waals surface area contributed by atoms with Crippen molar-refractivity contribution in [2.45, 2.75) is 33.2 Å². The Hall–Kier alpha value is -2.11. The molecule has 1 heterocycles. The molecule has 0 aromatic carbocycles. The number of carboxylic acid groups (broad SMARTS) is 1. The smallest absolute Gasteiger partial charge is 0.311 e. The maximum Gasteiger partial charge on any atom is 0.311 e. The van der Waals surface area contributed by atoms with Crippen molar-refractivity contribution in [1.29, 1.82) is 0 Å². The van der Waals surface area contributed by atoms with Crippen LogP contribution in [0.2, 0.25) is 0 Å². The van der Waals surface area contributed by atoms with Crippen molar-refractivity contribution in [1.82, 2.24) is 10.3 Å². The van der Waals surface area contributed by atoms with Gasteiger partial charge < -0.3 is 15.2 Å². The number of carbonyl (C=O) groups is 2. The zero-order chi connectivity index (χ0) is 15.6. The molecule has 2 N–H and O–H groups in total. The zero-order valence-electron chi connectivity index (χ0n) is 12.4. The summed E-state index contributed by atoms with van der Waals surface area (Å²) in [6, 6.07) is 3.19. The molecule has 0 aliphatic rings. The van der Waals surface area contributed by atoms with Crippen LogP contribution >= 0.6 is 0 Å². The lowest BCUT2D eigenvalue weighted by atomic mass is 9.74. The standard InChI is InChI=1S/C14H20N2O4/c1-13(2,12(18)19)14(3,4)16-10(17)9-7-6-8-15-11(9)20-5/h6-8H,1-5H3,(H,16,17)(H,18,19). The Morgan fingerprint density at radius 3 is 2.40 bits per heavy atom. The van der Waals surface area contributed by atoms with Crippen molar-refractivity contribution >= 4 is 11.9 Å². The molecule has 0 saturated carbocycles. The zero-order valence-corrected chi connectivity index (χ0v) is 12.4. The van der Waals surface area contributed by atoms with Gasteiger partial charge in [-0.3, -0.25) is 9.59 Å². The fourth-order valence-corrected chi connectivity index (χ4v) is 1.50. The van der Waals surface area contributed by atoms with E-state index in [1.54, 1.807) is 39.8 Å². The fourth-order valence-electron chi connectivity index (χ4n) is 1.50. The Bertz CT molecular complexity index is 524. The molecule has 6 nitrogen and oxygen atoms in total. The van der Waals surface area contributed by atoms with E-state index in [9.17, 15) is 14.7 Å². The number of carbonyl (C=O) groups excluding carboxylic acids is 1. The Kier molecular flexibility index (Phi) is 4.37. The molecule has 0 aliphatic carbocycles. The van der Waals surface area contributed by atoms with Crippen molar-refractivity contribution in [2.75, 3.05) is 7.11 Å². The van der Waals surface area contributed by atoms with Crippen molar-refractivity contribution in [2.24, 2.45) is 5.41 Å². The van der Waals surface area contributed by atoms with E-state index in [1.165, 1.54) is 13.3 Å². The largest absolute Gasteiger partial charge is 0.481 e. The number of hydrogen-bond acceptors (Lipinski definition) is 4. The van der Waals surface area contributed by atoms with Crippen molar-refractivity contribution in [3.63, 3.8) is 0 Å². The highest BCUT2D eigenvalue weighted by Crippen LogP contribution is 2.31. The first-order valence-corrected chi connectivity index (χ1v) is 6.18. The highest BCUT2D eigenvalue weighted by Gasteiger charge is 2.44. The molecule has 1 aromatic rings. The summed E-state index contributed by atoms with van der Waals surface area (Å²) in [5.41, 5.74) is -1.81. The number of aliphatic carboxylic acids is 1. The first kappa shape index (κ1) is 15.9. The van der Waals surface area contributed by atoms with Gasteiger partial charge in [-0.25, -0.2) is 4.98 Å². The summed E-state index contributed by atoms with van der Waals surface area (Å²) in [5.74, 6) is -1.20. The van der Waals surface area contributed by atoms with Crippen LogP contribution < -0.4 is 10.1 Å². The first-order valence-electron chi connectivity index (χ1n) is 6.18. The van der Waals surface area contributed by atoms with E-state index in [0.717, 1.165) is 0 Å². The average molecular weight is 280 g/mol. The fraction of sp³-hybridized carbons (Fsp3) is 0.500. The summed E-state index contributed by atoms with van der Waals surface area (Å²) in [5, 5.41) is 12.0. The number of methoxy groups -OCH3 is 1. The molecule has 1 amide bonds. The number of rotatable bonds is 5. The van der Waals surface area contributed by atoms with E-state index in [2.05, 4.69) is 10.3 Å². The van der Waals surface area contributed by atoms with E-state index in [4.69, 9.17) is 4.74 Å². The van der Waals surface area contributed by atoms with Crippen LogP contribution in [0.3, 0.4) is 0 Å². The van der Waals surface area contributed by atoms with Gasteiger partial charge in [0.1, 0.15) is 5.56 Å². The third-order valence-corrected chi connectivity index (χ3v) is 3.73. The number of aromatic nitrogens is 1. The van der Waals surface area contributed by atoms with E-state index in [0.29, 0.717) is 0 Å². The van der Waals surface area contributed by atoms with Gasteiger partial charge in [-0.1, -0.05) is 0 Å². The van der Waals surface area contributed by atoms with Crippen LogP contribution in [0.25, 0.3) is 0 Å². The van der Waals surface area contributed by atoms with E-state index < -0.39 is 22.8 Å². The van der Waals surface area contributed by atoms with Crippen molar-refractivity contribution < 1.29 is 19.4 Å². The highest BCUT2D eigenvalue weighted by molar-refractivity contribution is 5.97. The molecular weight excluding hydrogens is 260 g/mol. The number of carboxylic acids is 1. The number of hydrogen-bond donors (Lipinski definition) is 2. The van der Waals surface area contributed by atoms with Crippen molar-refractivity contribution in [3.05, 3.63) is 23.9 Å². The van der Waals surface area contributed by atoms with Gasteiger partial charge >= 0.3 is 5.97 Å². The Morgan fingerprint density at radius 1 is 1.30 bits per heavy atom. The minimum absolute atomic E-state index is 0.203. The molecule has 1 aromatic heterocycles. The molecule has 110 valence electrons. The van der Waals surface area contributed by atoms with Crippen LogP contribution in [-0.2, 0) is 4.79 Å². The van der Waals surface area contributed by atoms with Crippen LogP contribution in [0.5, 0.6) is 5.88 Å². The van der Waals surface area contributed by atoms with Gasteiger partial charge in [0.25, 0.3) is 5.91 Å². The summed E-state index contributed by atoms with van der Waals surface area (Å²) >= 11 is 0. The Labute approximate surface area is 118 Å². The van der Waals surface area contributed by atoms with Gasteiger partial charge in [-0.05, 0) is 39.8 Å². The molecule has 0 radical (unpaired) electrons. The third-order valence-electron chi connectivity index (χ3n) is 3.73. The molecule has 0 atom stereocenters. The number of nitrogens with zero attached hydrogens (tertiary/aromatic N) is 1. The van der Waals surface area contributed by atoms with Crippen LogP contribution in [0.4, 0.5) is 0 Å². The average Bonchev–Trinajstić information content (AvgIpc) is 2.37. The molecule has 0 aliphatic heterocycles. The Balaban J connectivity index is 3.04. The summed E-state index contributed by atoms with van der Waals surface area (Å²) in [6.07, 6.45) is 1.52. The minimum Gasteiger partial charge on any atom is -0.481 e. The lowest BCUT2D eigenvalue weighted by Crippen LogP contribution is -2.57. The molecule has 20 heavy (non-hydrogen) atoms. The highest BCUT2D eigenvalue weighted by atomic mass is 16.5. The van der Waals surface area contributed by atoms with E-state index >= 15 is 0 Å². The predicted molar refractivity (Wildman–Crippen MR) is 73.8 cm³/mol. The molecule has 6 heteroatoms. The third kappa shape index (κ3) is 2.89. The number of ether oxygens (including phenoxy) is 1. The molecule has 0 unspecified atom stereocenters. The SMILES string of the molecule is COc1ncccc1C(=O)NC(C)(C)C(C)(C)C(=O)O. The van der Waals surface area contributed by atoms with E-state index in [-0.39, 0.29) is 11.4 Å². The molecule has 0 bridgehead atoms. The molecule has 1 rings (SSSR count). The second kappa shape index (κ2) is 5.48. The van der Waals surface area contributed by atoms with Crippen LogP contribution in [0.15, 0.2) is 18.3 Å². The predicted octanol–water partition coefficient (Wildman–Crippen LogP) is 1.71. The van der Waals surface area contributed by atoms with Gasteiger partial charge in [0.2, 0.25) is 5.88 Å². The van der Waals surface area contributed by atoms with Crippen LogP contribution in [-0.4, -0.2) is 34.6 Å². The topological polar surface area (TPSA) is 88.5 Å². The normalized spacial score (nSPS) is 11.8. The first-order chi connectivity index (χ1) is 9.13. The quantitative estimate of drug-likeness (QED) is 0.857. The van der Waals surface area contributed by atoms with Gasteiger partial charge in [-0.15, -0.1) is 0 Å². The van der Waals surface area contributed by atoms with E-state index in [1.807, 2.05) is 0 Å². The minimum atomic E-state index is -1.13. The second-order valence-electron chi connectivity index (χ2n) is 5.57. The molecule has 0 saturated heterocycles. The maximum atomic E-state index is 12.3. The van der Waals surface area contributed by atoms with Gasteiger partial charge in [0.05, 0.1) is 18.1 Å². The molecule has 0 fully saturated rings. The lowest BCUT2D eigenvalue weighted by Gasteiger charge is -2.38. The number of amides is 1.